The topological polar surface area (TPSA) is 69.9 Å². The highest BCUT2D eigenvalue weighted by Crippen LogP contribution is 2.43. The van der Waals surface area contributed by atoms with Crippen LogP contribution in [-0.4, -0.2) is 19.5 Å². The monoisotopic (exact) mass is 882 g/mol. The molecule has 69 heavy (non-hydrogen) atoms. The Kier molecular flexibility index (Phi) is 8.79. The van der Waals surface area contributed by atoms with Crippen molar-refractivity contribution in [2.45, 2.75) is 0 Å². The Bertz CT molecular complexity index is 4290. The summed E-state index contributed by atoms with van der Waals surface area (Å²) in [7, 11) is 0. The molecule has 6 nitrogen and oxygen atoms in total. The van der Waals surface area contributed by atoms with Gasteiger partial charge in [-0.05, 0) is 88.0 Å². The Hall–Kier alpha value is -9.39. The molecule has 4 aromatic heterocycles. The second-order valence-corrected chi connectivity index (χ2v) is 17.5. The molecule has 0 aliphatic carbocycles. The first kappa shape index (κ1) is 38.8. The van der Waals surface area contributed by atoms with Gasteiger partial charge in [-0.3, -0.25) is 0 Å². The third kappa shape index (κ3) is 6.45. The van der Waals surface area contributed by atoms with Crippen LogP contribution in [0.1, 0.15) is 0 Å². The van der Waals surface area contributed by atoms with Crippen molar-refractivity contribution in [1.29, 1.82) is 0 Å². The molecule has 0 bridgehead atoms. The molecule has 0 amide bonds. The molecule has 14 rings (SSSR count). The smallest absolute Gasteiger partial charge is 0.164 e. The Morgan fingerprint density at radius 1 is 0.290 bits per heavy atom. The molecule has 0 spiro atoms. The van der Waals surface area contributed by atoms with Gasteiger partial charge in [0.1, 0.15) is 16.7 Å². The van der Waals surface area contributed by atoms with Crippen LogP contribution in [0, 0.1) is 0 Å². The minimum absolute atomic E-state index is 0.561. The molecule has 0 aliphatic rings. The Morgan fingerprint density at radius 2 is 0.812 bits per heavy atom. The van der Waals surface area contributed by atoms with Crippen molar-refractivity contribution in [3.05, 3.63) is 231 Å². The van der Waals surface area contributed by atoms with Crippen molar-refractivity contribution in [3.63, 3.8) is 0 Å². The quantitative estimate of drug-likeness (QED) is 0.159. The maximum absolute atomic E-state index is 6.87. The van der Waals surface area contributed by atoms with E-state index >= 15 is 0 Å². The van der Waals surface area contributed by atoms with Crippen molar-refractivity contribution in [1.82, 2.24) is 19.5 Å². The summed E-state index contributed by atoms with van der Waals surface area (Å²) in [6.45, 7) is 0. The lowest BCUT2D eigenvalue weighted by Gasteiger charge is -2.11. The van der Waals surface area contributed by atoms with Gasteiger partial charge in [-0.25, -0.2) is 15.0 Å². The number of hydrogen-bond donors (Lipinski definition) is 0. The number of hydrogen-bond acceptors (Lipinski definition) is 5. The molecule has 4 heterocycles. The van der Waals surface area contributed by atoms with Crippen LogP contribution in [0.25, 0.3) is 139 Å². The van der Waals surface area contributed by atoms with Gasteiger partial charge in [0, 0.05) is 49.0 Å². The molecule has 10 aromatic carbocycles. The Morgan fingerprint density at radius 3 is 1.58 bits per heavy atom. The van der Waals surface area contributed by atoms with Gasteiger partial charge in [-0.1, -0.05) is 176 Å². The number of rotatable bonds is 7. The normalized spacial score (nSPS) is 11.8. The highest BCUT2D eigenvalue weighted by Gasteiger charge is 2.22. The molecule has 0 atom stereocenters. The van der Waals surface area contributed by atoms with E-state index < -0.39 is 0 Å². The lowest BCUT2D eigenvalue weighted by molar-refractivity contribution is 0.666. The molecule has 0 aliphatic heterocycles. The van der Waals surface area contributed by atoms with Gasteiger partial charge < -0.3 is 13.4 Å². The van der Waals surface area contributed by atoms with Crippen LogP contribution >= 0.6 is 0 Å². The highest BCUT2D eigenvalue weighted by molar-refractivity contribution is 6.15. The fraction of sp³-hybridized carbons (Fsp3) is 0. The van der Waals surface area contributed by atoms with Gasteiger partial charge in [0.2, 0.25) is 0 Å². The van der Waals surface area contributed by atoms with E-state index in [9.17, 15) is 0 Å². The number of benzene rings is 10. The maximum Gasteiger partial charge on any atom is 0.164 e. The molecule has 0 fully saturated rings. The second-order valence-electron chi connectivity index (χ2n) is 17.5. The van der Waals surface area contributed by atoms with Crippen LogP contribution < -0.4 is 0 Å². The van der Waals surface area contributed by atoms with E-state index in [1.54, 1.807) is 0 Å². The lowest BCUT2D eigenvalue weighted by Crippen LogP contribution is -2.00. The molecule has 0 radical (unpaired) electrons. The standard InChI is InChI=1S/C63H38N4O2/c1-4-15-39(16-5-1)41-27-29-43(30-28-41)62-64-61(42-19-8-3-9-20-42)65-63(66-62)52-37-46(38-58-59(52)49-22-11-13-26-56(49)68-58)45-32-34-57-51(36-45)48-23-14-25-55(60(48)69-57)67-53-24-12-10-21-47(53)50-35-44(31-33-54(50)67)40-17-6-2-7-18-40/h1-38H. The summed E-state index contributed by atoms with van der Waals surface area (Å²) in [6, 6.07) is 80.3. The van der Waals surface area contributed by atoms with E-state index in [0.29, 0.717) is 17.5 Å². The summed E-state index contributed by atoms with van der Waals surface area (Å²) in [5.41, 5.74) is 15.7. The van der Waals surface area contributed by atoms with Gasteiger partial charge in [-0.2, -0.15) is 0 Å². The third-order valence-electron chi connectivity index (χ3n) is 13.5. The summed E-state index contributed by atoms with van der Waals surface area (Å²) in [6.07, 6.45) is 0. The molecular formula is C63H38N4O2. The van der Waals surface area contributed by atoms with E-state index in [1.807, 2.05) is 54.6 Å². The fourth-order valence-corrected chi connectivity index (χ4v) is 10.2. The second kappa shape index (κ2) is 15.6. The molecule has 0 saturated heterocycles. The van der Waals surface area contributed by atoms with Crippen LogP contribution in [0.5, 0.6) is 0 Å². The van der Waals surface area contributed by atoms with Gasteiger partial charge in [0.15, 0.2) is 23.1 Å². The molecule has 322 valence electrons. The van der Waals surface area contributed by atoms with Gasteiger partial charge in [0.05, 0.1) is 16.7 Å². The fourth-order valence-electron chi connectivity index (χ4n) is 10.2. The number of fused-ring (bicyclic) bond motifs is 9. The summed E-state index contributed by atoms with van der Waals surface area (Å²) in [5.74, 6) is 1.74. The summed E-state index contributed by atoms with van der Waals surface area (Å²) >= 11 is 0. The van der Waals surface area contributed by atoms with Gasteiger partial charge >= 0.3 is 0 Å². The summed E-state index contributed by atoms with van der Waals surface area (Å²) in [4.78, 5) is 15.6. The zero-order chi connectivity index (χ0) is 45.4. The zero-order valence-electron chi connectivity index (χ0n) is 37.0. The third-order valence-corrected chi connectivity index (χ3v) is 13.5. The predicted octanol–water partition coefficient (Wildman–Crippen LogP) is 16.8. The van der Waals surface area contributed by atoms with Crippen molar-refractivity contribution in [2.24, 2.45) is 0 Å². The van der Waals surface area contributed by atoms with E-state index in [1.165, 1.54) is 21.9 Å². The van der Waals surface area contributed by atoms with Crippen LogP contribution in [0.4, 0.5) is 0 Å². The van der Waals surface area contributed by atoms with Gasteiger partial charge in [-0.15, -0.1) is 0 Å². The first-order valence-electron chi connectivity index (χ1n) is 23.2. The zero-order valence-corrected chi connectivity index (χ0v) is 37.0. The van der Waals surface area contributed by atoms with Crippen LogP contribution in [0.15, 0.2) is 239 Å². The minimum Gasteiger partial charge on any atom is -0.456 e. The number of para-hydroxylation sites is 3. The van der Waals surface area contributed by atoms with E-state index in [4.69, 9.17) is 23.8 Å². The van der Waals surface area contributed by atoms with Crippen molar-refractivity contribution in [2.75, 3.05) is 0 Å². The first-order chi connectivity index (χ1) is 34.2. The predicted molar refractivity (Wildman–Crippen MR) is 281 cm³/mol. The van der Waals surface area contributed by atoms with E-state index in [-0.39, 0.29) is 0 Å². The van der Waals surface area contributed by atoms with Crippen LogP contribution in [0.2, 0.25) is 0 Å². The van der Waals surface area contributed by atoms with Crippen LogP contribution in [0.3, 0.4) is 0 Å². The molecular weight excluding hydrogens is 845 g/mol. The molecule has 0 saturated carbocycles. The van der Waals surface area contributed by atoms with E-state index in [2.05, 4.69) is 180 Å². The molecule has 6 heteroatoms. The van der Waals surface area contributed by atoms with Gasteiger partial charge in [0.25, 0.3) is 0 Å². The lowest BCUT2D eigenvalue weighted by atomic mass is 9.97. The molecule has 0 unspecified atom stereocenters. The summed E-state index contributed by atoms with van der Waals surface area (Å²) in [5, 5.41) is 6.40. The number of furan rings is 2. The largest absolute Gasteiger partial charge is 0.456 e. The highest BCUT2D eigenvalue weighted by atomic mass is 16.3. The maximum atomic E-state index is 6.87. The number of aromatic nitrogens is 4. The average molecular weight is 883 g/mol. The van der Waals surface area contributed by atoms with Crippen molar-refractivity contribution >= 4 is 65.7 Å². The van der Waals surface area contributed by atoms with Crippen LogP contribution in [-0.2, 0) is 0 Å². The molecule has 0 N–H and O–H groups in total. The van der Waals surface area contributed by atoms with Crippen molar-refractivity contribution in [3.8, 4) is 73.2 Å². The summed E-state index contributed by atoms with van der Waals surface area (Å²) < 4.78 is 15.9. The van der Waals surface area contributed by atoms with E-state index in [0.717, 1.165) is 99.5 Å². The molecule has 14 aromatic rings. The van der Waals surface area contributed by atoms with Crippen molar-refractivity contribution < 1.29 is 8.83 Å². The minimum atomic E-state index is 0.561. The Labute approximate surface area is 396 Å². The average Bonchev–Trinajstić information content (AvgIpc) is 4.10. The SMILES string of the molecule is c1ccc(-c2ccc(-c3nc(-c4ccccc4)nc(-c4cc(-c5ccc6oc7c(-n8c9ccccc9c9cc(-c%10ccccc%10)ccc98)cccc7c6c5)cc5oc6ccccc6c45)n3)cc2)cc1. The first-order valence-corrected chi connectivity index (χ1v) is 23.2. The Balaban J connectivity index is 0.937. The number of nitrogens with zero attached hydrogens (tertiary/aromatic N) is 4.